The van der Waals surface area contributed by atoms with Crippen molar-refractivity contribution in [1.82, 2.24) is 10.2 Å². The quantitative estimate of drug-likeness (QED) is 0.369. The lowest BCUT2D eigenvalue weighted by atomic mass is 9.89. The molecule has 1 aliphatic rings. The maximum Gasteiger partial charge on any atom is 0.188 e. The van der Waals surface area contributed by atoms with Gasteiger partial charge in [-0.05, 0) is 33.4 Å². The molecule has 22 heavy (non-hydrogen) atoms. The van der Waals surface area contributed by atoms with Crippen molar-refractivity contribution >= 4 is 5.96 Å². The number of nitrogens with two attached hydrogens (primary N) is 1. The standard InChI is InChI=1S/C17H36N4O/c1-4-5-6-7-8-9-12-19-16(18)20-15-17(21(2)3)10-13-22-14-11-17/h4-15H2,1-3H3,(H3,18,19,20). The van der Waals surface area contributed by atoms with E-state index in [1.807, 2.05) is 0 Å². The van der Waals surface area contributed by atoms with Crippen LogP contribution in [0.3, 0.4) is 0 Å². The molecule has 0 spiro atoms. The molecule has 0 unspecified atom stereocenters. The van der Waals surface area contributed by atoms with Crippen LogP contribution in [0.15, 0.2) is 4.99 Å². The molecule has 1 aliphatic heterocycles. The lowest BCUT2D eigenvalue weighted by Gasteiger charge is -2.41. The molecule has 0 saturated carbocycles. The second-order valence-electron chi connectivity index (χ2n) is 6.63. The van der Waals surface area contributed by atoms with E-state index in [4.69, 9.17) is 10.5 Å². The van der Waals surface area contributed by atoms with Gasteiger partial charge in [-0.3, -0.25) is 4.99 Å². The van der Waals surface area contributed by atoms with Crippen molar-refractivity contribution in [3.63, 3.8) is 0 Å². The van der Waals surface area contributed by atoms with E-state index >= 15 is 0 Å². The van der Waals surface area contributed by atoms with Crippen LogP contribution in [0, 0.1) is 0 Å². The Labute approximate surface area is 136 Å². The Morgan fingerprint density at radius 2 is 1.77 bits per heavy atom. The van der Waals surface area contributed by atoms with Gasteiger partial charge < -0.3 is 20.7 Å². The van der Waals surface area contributed by atoms with Crippen molar-refractivity contribution in [1.29, 1.82) is 0 Å². The number of guanidine groups is 1. The molecule has 1 rings (SSSR count). The lowest BCUT2D eigenvalue weighted by molar-refractivity contribution is -0.00252. The zero-order valence-corrected chi connectivity index (χ0v) is 14.9. The van der Waals surface area contributed by atoms with E-state index in [9.17, 15) is 0 Å². The van der Waals surface area contributed by atoms with Crippen LogP contribution in [0.1, 0.15) is 58.3 Å². The number of rotatable bonds is 10. The minimum Gasteiger partial charge on any atom is -0.381 e. The predicted molar refractivity (Wildman–Crippen MR) is 94.3 cm³/mol. The molecular formula is C17H36N4O. The molecule has 0 aliphatic carbocycles. The van der Waals surface area contributed by atoms with E-state index in [-0.39, 0.29) is 5.54 Å². The van der Waals surface area contributed by atoms with Crippen LogP contribution in [-0.4, -0.2) is 56.8 Å². The molecule has 5 nitrogen and oxygen atoms in total. The second kappa shape index (κ2) is 10.8. The van der Waals surface area contributed by atoms with Gasteiger partial charge in [-0.15, -0.1) is 0 Å². The minimum atomic E-state index is 0.102. The molecule has 3 N–H and O–H groups in total. The number of hydrogen-bond donors (Lipinski definition) is 2. The molecule has 0 amide bonds. The first-order chi connectivity index (χ1) is 10.6. The van der Waals surface area contributed by atoms with Crippen LogP contribution < -0.4 is 11.1 Å². The SMILES string of the molecule is CCCCCCCCNC(N)=NCC1(N(C)C)CCOCC1. The number of likely N-dealkylation sites (N-methyl/N-ethyl adjacent to an activating group) is 1. The normalized spacial score (nSPS) is 18.6. The Kier molecular flexibility index (Phi) is 9.48. The first-order valence-electron chi connectivity index (χ1n) is 8.90. The van der Waals surface area contributed by atoms with Gasteiger partial charge in [0.15, 0.2) is 5.96 Å². The number of unbranched alkanes of at least 4 members (excludes halogenated alkanes) is 5. The van der Waals surface area contributed by atoms with Crippen molar-refractivity contribution in [2.45, 2.75) is 63.8 Å². The van der Waals surface area contributed by atoms with E-state index < -0.39 is 0 Å². The highest BCUT2D eigenvalue weighted by Crippen LogP contribution is 2.26. The van der Waals surface area contributed by atoms with Crippen LogP contribution in [-0.2, 0) is 4.74 Å². The summed E-state index contributed by atoms with van der Waals surface area (Å²) in [5, 5.41) is 3.25. The van der Waals surface area contributed by atoms with Gasteiger partial charge in [0.05, 0.1) is 6.54 Å². The average Bonchev–Trinajstić information content (AvgIpc) is 2.53. The maximum absolute atomic E-state index is 6.00. The zero-order chi connectivity index (χ0) is 16.3. The summed E-state index contributed by atoms with van der Waals surface area (Å²) in [7, 11) is 4.25. The molecular weight excluding hydrogens is 276 g/mol. The third-order valence-electron chi connectivity index (χ3n) is 4.75. The zero-order valence-electron chi connectivity index (χ0n) is 14.9. The number of nitrogens with zero attached hydrogens (tertiary/aromatic N) is 2. The number of nitrogens with one attached hydrogen (secondary N) is 1. The summed E-state index contributed by atoms with van der Waals surface area (Å²) in [6.45, 7) is 5.56. The number of hydrogen-bond acceptors (Lipinski definition) is 3. The van der Waals surface area contributed by atoms with Crippen molar-refractivity contribution in [2.24, 2.45) is 10.7 Å². The number of aliphatic imine (C=N–C) groups is 1. The molecule has 1 saturated heterocycles. The molecule has 0 atom stereocenters. The summed E-state index contributed by atoms with van der Waals surface area (Å²) in [5.74, 6) is 0.585. The highest BCUT2D eigenvalue weighted by molar-refractivity contribution is 5.77. The third kappa shape index (κ3) is 6.97. The molecule has 0 aromatic heterocycles. The first-order valence-corrected chi connectivity index (χ1v) is 8.90. The molecule has 5 heteroatoms. The van der Waals surface area contributed by atoms with E-state index in [1.54, 1.807) is 0 Å². The van der Waals surface area contributed by atoms with Crippen molar-refractivity contribution in [2.75, 3.05) is 40.4 Å². The summed E-state index contributed by atoms with van der Waals surface area (Å²) in [5.41, 5.74) is 6.10. The molecule has 130 valence electrons. The van der Waals surface area contributed by atoms with E-state index in [1.165, 1.54) is 38.5 Å². The van der Waals surface area contributed by atoms with Crippen LogP contribution in [0.4, 0.5) is 0 Å². The molecule has 0 radical (unpaired) electrons. The van der Waals surface area contributed by atoms with Crippen LogP contribution in [0.5, 0.6) is 0 Å². The summed E-state index contributed by atoms with van der Waals surface area (Å²) in [6.07, 6.45) is 9.84. The van der Waals surface area contributed by atoms with Crippen molar-refractivity contribution in [3.05, 3.63) is 0 Å². The van der Waals surface area contributed by atoms with E-state index in [0.29, 0.717) is 5.96 Å². The Morgan fingerprint density at radius 3 is 2.41 bits per heavy atom. The fourth-order valence-electron chi connectivity index (χ4n) is 2.91. The van der Waals surface area contributed by atoms with Gasteiger partial charge in [0.1, 0.15) is 0 Å². The Morgan fingerprint density at radius 1 is 1.14 bits per heavy atom. The van der Waals surface area contributed by atoms with Gasteiger partial charge in [-0.25, -0.2) is 0 Å². The molecule has 0 aromatic carbocycles. The van der Waals surface area contributed by atoms with Gasteiger partial charge in [0, 0.05) is 25.3 Å². The summed E-state index contributed by atoms with van der Waals surface area (Å²) in [6, 6.07) is 0. The Bertz CT molecular complexity index is 312. The fraction of sp³-hybridized carbons (Fsp3) is 0.941. The average molecular weight is 313 g/mol. The maximum atomic E-state index is 6.00. The largest absolute Gasteiger partial charge is 0.381 e. The van der Waals surface area contributed by atoms with Crippen molar-refractivity contribution in [3.8, 4) is 0 Å². The molecule has 0 aromatic rings. The smallest absolute Gasteiger partial charge is 0.188 e. The number of ether oxygens (including phenoxy) is 1. The minimum absolute atomic E-state index is 0.102. The highest BCUT2D eigenvalue weighted by atomic mass is 16.5. The van der Waals surface area contributed by atoms with Crippen LogP contribution >= 0.6 is 0 Å². The first kappa shape index (κ1) is 19.2. The highest BCUT2D eigenvalue weighted by Gasteiger charge is 2.34. The van der Waals surface area contributed by atoms with E-state index in [2.05, 4.69) is 36.2 Å². The van der Waals surface area contributed by atoms with Crippen LogP contribution in [0.2, 0.25) is 0 Å². The van der Waals surface area contributed by atoms with Gasteiger partial charge in [0.25, 0.3) is 0 Å². The molecule has 1 fully saturated rings. The Balaban J connectivity index is 2.23. The monoisotopic (exact) mass is 312 g/mol. The van der Waals surface area contributed by atoms with Gasteiger partial charge in [-0.2, -0.15) is 0 Å². The third-order valence-corrected chi connectivity index (χ3v) is 4.75. The Hall–Kier alpha value is -0.810. The van der Waals surface area contributed by atoms with Crippen molar-refractivity contribution < 1.29 is 4.74 Å². The topological polar surface area (TPSA) is 62.9 Å². The lowest BCUT2D eigenvalue weighted by Crippen LogP contribution is -2.51. The summed E-state index contributed by atoms with van der Waals surface area (Å²) in [4.78, 5) is 6.85. The predicted octanol–water partition coefficient (Wildman–Crippen LogP) is 2.36. The summed E-state index contributed by atoms with van der Waals surface area (Å²) >= 11 is 0. The second-order valence-corrected chi connectivity index (χ2v) is 6.63. The van der Waals surface area contributed by atoms with Gasteiger partial charge >= 0.3 is 0 Å². The van der Waals surface area contributed by atoms with Gasteiger partial charge in [0.2, 0.25) is 0 Å². The summed E-state index contributed by atoms with van der Waals surface area (Å²) < 4.78 is 5.48. The molecule has 1 heterocycles. The van der Waals surface area contributed by atoms with Crippen LogP contribution in [0.25, 0.3) is 0 Å². The molecule has 0 bridgehead atoms. The fourth-order valence-corrected chi connectivity index (χ4v) is 2.91. The van der Waals surface area contributed by atoms with E-state index in [0.717, 1.165) is 39.1 Å². The van der Waals surface area contributed by atoms with Gasteiger partial charge in [-0.1, -0.05) is 39.0 Å².